The maximum Gasteiger partial charge on any atom is 0.176 e. The molecule has 0 heterocycles. The molecule has 0 aromatic heterocycles. The monoisotopic (exact) mass is 228 g/mol. The highest BCUT2D eigenvalue weighted by Crippen LogP contribution is 2.23. The summed E-state index contributed by atoms with van der Waals surface area (Å²) < 4.78 is 0. The van der Waals surface area contributed by atoms with Gasteiger partial charge in [0.15, 0.2) is 5.78 Å². The number of likely N-dealkylation sites (N-methyl/N-ethyl adjacent to an activating group) is 1. The number of rotatable bonds is 4. The van der Waals surface area contributed by atoms with Crippen molar-refractivity contribution in [2.45, 2.75) is 25.3 Å². The average molecular weight is 228 g/mol. The van der Waals surface area contributed by atoms with E-state index in [1.54, 1.807) is 24.3 Å². The summed E-state index contributed by atoms with van der Waals surface area (Å²) in [6.07, 6.45) is 3.69. The molecule has 2 rings (SSSR count). The number of benzene rings is 1. The molecule has 0 atom stereocenters. The van der Waals surface area contributed by atoms with Gasteiger partial charge in [-0.15, -0.1) is 0 Å². The fourth-order valence-electron chi connectivity index (χ4n) is 2.01. The lowest BCUT2D eigenvalue weighted by atomic mass is 9.91. The molecule has 0 spiro atoms. The summed E-state index contributed by atoms with van der Waals surface area (Å²) in [6.45, 7) is 0.469. The molecule has 1 aromatic carbocycles. The zero-order valence-corrected chi connectivity index (χ0v) is 10.0. The Balaban J connectivity index is 1.96. The average Bonchev–Trinajstić information content (AvgIpc) is 2.26. The predicted molar refractivity (Wildman–Crippen MR) is 65.8 cm³/mol. The van der Waals surface area contributed by atoms with E-state index in [1.165, 1.54) is 19.3 Å². The van der Waals surface area contributed by atoms with Crippen LogP contribution in [-0.2, 0) is 0 Å². The van der Waals surface area contributed by atoms with Gasteiger partial charge in [0.25, 0.3) is 0 Å². The number of Topliss-reactive ketones (excluding diaryl/α,β-unsaturated/α-hetero) is 1. The molecule has 3 nitrogen and oxygen atoms in total. The first-order valence-corrected chi connectivity index (χ1v) is 5.94. The number of nitriles is 1. The summed E-state index contributed by atoms with van der Waals surface area (Å²) in [5.74, 6) is 0.129. The topological polar surface area (TPSA) is 44.1 Å². The highest BCUT2D eigenvalue weighted by molar-refractivity contribution is 5.97. The maximum atomic E-state index is 12.0. The quantitative estimate of drug-likeness (QED) is 0.742. The van der Waals surface area contributed by atoms with Crippen molar-refractivity contribution in [1.82, 2.24) is 4.90 Å². The van der Waals surface area contributed by atoms with Crippen LogP contribution < -0.4 is 0 Å². The van der Waals surface area contributed by atoms with E-state index in [4.69, 9.17) is 5.26 Å². The third-order valence-corrected chi connectivity index (χ3v) is 3.43. The standard InChI is InChI=1S/C14H16N2O/c1-16(13-3-2-4-13)10-14(17)12-7-5-11(9-15)6-8-12/h5-8,13H,2-4,10H2,1H3. The molecule has 0 radical (unpaired) electrons. The Labute approximate surface area is 102 Å². The second kappa shape index (κ2) is 5.11. The third kappa shape index (κ3) is 2.72. The fraction of sp³-hybridized carbons (Fsp3) is 0.429. The number of hydrogen-bond donors (Lipinski definition) is 0. The summed E-state index contributed by atoms with van der Waals surface area (Å²) in [4.78, 5) is 14.1. The van der Waals surface area contributed by atoms with Crippen LogP contribution in [0.25, 0.3) is 0 Å². The second-order valence-electron chi connectivity index (χ2n) is 4.61. The van der Waals surface area contributed by atoms with Gasteiger partial charge in [0.05, 0.1) is 18.2 Å². The van der Waals surface area contributed by atoms with Crippen LogP contribution in [0.2, 0.25) is 0 Å². The van der Waals surface area contributed by atoms with Crippen LogP contribution in [0.1, 0.15) is 35.2 Å². The largest absolute Gasteiger partial charge is 0.296 e. The van der Waals surface area contributed by atoms with E-state index in [9.17, 15) is 4.79 Å². The van der Waals surface area contributed by atoms with Crippen molar-refractivity contribution in [3.8, 4) is 6.07 Å². The van der Waals surface area contributed by atoms with Crippen molar-refractivity contribution in [2.24, 2.45) is 0 Å². The van der Waals surface area contributed by atoms with Gasteiger partial charge in [-0.25, -0.2) is 0 Å². The van der Waals surface area contributed by atoms with E-state index in [0.717, 1.165) is 0 Å². The predicted octanol–water partition coefficient (Wildman–Crippen LogP) is 2.23. The molecule has 0 N–H and O–H groups in total. The van der Waals surface area contributed by atoms with Crippen molar-refractivity contribution < 1.29 is 4.79 Å². The molecule has 0 amide bonds. The van der Waals surface area contributed by atoms with E-state index in [1.807, 2.05) is 13.1 Å². The summed E-state index contributed by atoms with van der Waals surface area (Å²) in [5.41, 5.74) is 1.28. The minimum Gasteiger partial charge on any atom is -0.296 e. The molecule has 1 fully saturated rings. The first-order chi connectivity index (χ1) is 8.20. The van der Waals surface area contributed by atoms with Crippen LogP contribution >= 0.6 is 0 Å². The molecule has 0 aliphatic heterocycles. The maximum absolute atomic E-state index is 12.0. The first kappa shape index (κ1) is 11.8. The van der Waals surface area contributed by atoms with Gasteiger partial charge in [0, 0.05) is 11.6 Å². The summed E-state index contributed by atoms with van der Waals surface area (Å²) >= 11 is 0. The zero-order valence-electron chi connectivity index (χ0n) is 10.0. The van der Waals surface area contributed by atoms with Gasteiger partial charge in [-0.2, -0.15) is 5.26 Å². The van der Waals surface area contributed by atoms with Gasteiger partial charge >= 0.3 is 0 Å². The number of nitrogens with zero attached hydrogens (tertiary/aromatic N) is 2. The second-order valence-corrected chi connectivity index (χ2v) is 4.61. The molecule has 1 aliphatic rings. The van der Waals surface area contributed by atoms with Gasteiger partial charge in [-0.3, -0.25) is 9.69 Å². The van der Waals surface area contributed by atoms with Gasteiger partial charge in [0.1, 0.15) is 0 Å². The zero-order chi connectivity index (χ0) is 12.3. The summed E-state index contributed by atoms with van der Waals surface area (Å²) in [5, 5.41) is 8.68. The van der Waals surface area contributed by atoms with Crippen molar-refractivity contribution in [2.75, 3.05) is 13.6 Å². The molecule has 17 heavy (non-hydrogen) atoms. The highest BCUT2D eigenvalue weighted by Gasteiger charge is 2.23. The van der Waals surface area contributed by atoms with Gasteiger partial charge in [0.2, 0.25) is 0 Å². The Morgan fingerprint density at radius 3 is 2.53 bits per heavy atom. The molecule has 0 unspecified atom stereocenters. The Kier molecular flexibility index (Phi) is 3.55. The number of ketones is 1. The Bertz CT molecular complexity index is 440. The van der Waals surface area contributed by atoms with E-state index < -0.39 is 0 Å². The Morgan fingerprint density at radius 2 is 2.06 bits per heavy atom. The van der Waals surface area contributed by atoms with Gasteiger partial charge < -0.3 is 0 Å². The SMILES string of the molecule is CN(CC(=O)c1ccc(C#N)cc1)C1CCC1. The number of carbonyl (C=O) groups is 1. The van der Waals surface area contributed by atoms with Crippen LogP contribution in [0.4, 0.5) is 0 Å². The molecular weight excluding hydrogens is 212 g/mol. The molecule has 0 bridgehead atoms. The van der Waals surface area contributed by atoms with Crippen molar-refractivity contribution >= 4 is 5.78 Å². The number of hydrogen-bond acceptors (Lipinski definition) is 3. The van der Waals surface area contributed by atoms with Crippen LogP contribution in [0, 0.1) is 11.3 Å². The van der Waals surface area contributed by atoms with Crippen molar-refractivity contribution in [1.29, 1.82) is 5.26 Å². The molecule has 1 aromatic rings. The first-order valence-electron chi connectivity index (χ1n) is 5.94. The number of carbonyl (C=O) groups excluding carboxylic acids is 1. The minimum absolute atomic E-state index is 0.129. The lowest BCUT2D eigenvalue weighted by molar-refractivity contribution is 0.0870. The van der Waals surface area contributed by atoms with E-state index >= 15 is 0 Å². The Morgan fingerprint density at radius 1 is 1.41 bits per heavy atom. The van der Waals surface area contributed by atoms with Crippen molar-refractivity contribution in [3.63, 3.8) is 0 Å². The van der Waals surface area contributed by atoms with Crippen LogP contribution in [0.5, 0.6) is 0 Å². The van der Waals surface area contributed by atoms with E-state index in [0.29, 0.717) is 23.7 Å². The summed E-state index contributed by atoms with van der Waals surface area (Å²) in [6, 6.07) is 9.47. The molecule has 3 heteroatoms. The fourth-order valence-corrected chi connectivity index (χ4v) is 2.01. The van der Waals surface area contributed by atoms with Crippen molar-refractivity contribution in [3.05, 3.63) is 35.4 Å². The lowest BCUT2D eigenvalue weighted by Gasteiger charge is -2.34. The van der Waals surface area contributed by atoms with E-state index in [2.05, 4.69) is 4.90 Å². The molecular formula is C14H16N2O. The Hall–Kier alpha value is -1.66. The third-order valence-electron chi connectivity index (χ3n) is 3.43. The molecule has 1 saturated carbocycles. The van der Waals surface area contributed by atoms with Crippen LogP contribution in [-0.4, -0.2) is 30.3 Å². The normalized spacial score (nSPS) is 15.4. The minimum atomic E-state index is 0.129. The molecule has 0 saturated heterocycles. The highest BCUT2D eigenvalue weighted by atomic mass is 16.1. The summed E-state index contributed by atoms with van der Waals surface area (Å²) in [7, 11) is 2.01. The van der Waals surface area contributed by atoms with Crippen LogP contribution in [0.3, 0.4) is 0 Å². The van der Waals surface area contributed by atoms with Crippen LogP contribution in [0.15, 0.2) is 24.3 Å². The smallest absolute Gasteiger partial charge is 0.176 e. The molecule has 88 valence electrons. The lowest BCUT2D eigenvalue weighted by Crippen LogP contribution is -2.40. The van der Waals surface area contributed by atoms with Gasteiger partial charge in [-0.05, 0) is 32.0 Å². The van der Waals surface area contributed by atoms with E-state index in [-0.39, 0.29) is 5.78 Å². The molecule has 1 aliphatic carbocycles. The van der Waals surface area contributed by atoms with Gasteiger partial charge in [-0.1, -0.05) is 18.6 Å².